The van der Waals surface area contributed by atoms with Crippen LogP contribution in [-0.2, 0) is 20.0 Å². The minimum absolute atomic E-state index is 0.0162. The van der Waals surface area contributed by atoms with Crippen molar-refractivity contribution >= 4 is 48.0 Å². The van der Waals surface area contributed by atoms with Gasteiger partial charge in [0, 0.05) is 23.7 Å². The number of non-ortho nitro benzene ring substituents is 1. The highest BCUT2D eigenvalue weighted by Crippen LogP contribution is 2.25. The number of nitrogens with one attached hydrogen (secondary N) is 2. The lowest BCUT2D eigenvalue weighted by Crippen LogP contribution is -2.15. The number of fused-ring (bicyclic) bond motifs is 1. The lowest BCUT2D eigenvalue weighted by molar-refractivity contribution is -0.384. The Hall–Kier alpha value is -4.03. The summed E-state index contributed by atoms with van der Waals surface area (Å²) in [5, 5.41) is 11.4. The molecule has 1 aromatic heterocycles. The van der Waals surface area contributed by atoms with Gasteiger partial charge in [-0.3, -0.25) is 24.5 Å². The van der Waals surface area contributed by atoms with Gasteiger partial charge in [-0.15, -0.1) is 0 Å². The largest absolute Gasteiger partial charge is 0.280 e. The number of nitrogens with zero attached hydrogens (tertiary/aromatic N) is 2. The molecule has 0 unspecified atom stereocenters. The molecule has 0 aliphatic heterocycles. The minimum Gasteiger partial charge on any atom is -0.280 e. The van der Waals surface area contributed by atoms with Crippen LogP contribution in [0.3, 0.4) is 0 Å². The van der Waals surface area contributed by atoms with Crippen LogP contribution in [-0.4, -0.2) is 26.7 Å². The fraction of sp³-hybridized carbons (Fsp3) is 0. The van der Waals surface area contributed by atoms with Gasteiger partial charge in [0.2, 0.25) is 0 Å². The zero-order valence-electron chi connectivity index (χ0n) is 16.7. The van der Waals surface area contributed by atoms with E-state index in [0.29, 0.717) is 10.9 Å². The van der Waals surface area contributed by atoms with Crippen LogP contribution in [0.25, 0.3) is 10.9 Å². The number of benzene rings is 3. The summed E-state index contributed by atoms with van der Waals surface area (Å²) >= 11 is 0. The molecule has 12 heteroatoms. The Morgan fingerprint density at radius 1 is 0.758 bits per heavy atom. The Morgan fingerprint density at radius 3 is 2.03 bits per heavy atom. The summed E-state index contributed by atoms with van der Waals surface area (Å²) in [6, 6.07) is 18.3. The second kappa shape index (κ2) is 8.48. The topological polar surface area (TPSA) is 148 Å². The third kappa shape index (κ3) is 4.76. The third-order valence-corrected chi connectivity index (χ3v) is 7.42. The summed E-state index contributed by atoms with van der Waals surface area (Å²) in [5.41, 5.74) is 0.298. The van der Waals surface area contributed by atoms with E-state index in [1.54, 1.807) is 24.3 Å². The average Bonchev–Trinajstić information content (AvgIpc) is 2.78. The number of rotatable bonds is 7. The first-order valence-electron chi connectivity index (χ1n) is 9.40. The maximum Gasteiger partial charge on any atom is 0.269 e. The van der Waals surface area contributed by atoms with Crippen LogP contribution in [0, 0.1) is 10.1 Å². The summed E-state index contributed by atoms with van der Waals surface area (Å²) < 4.78 is 56.0. The highest BCUT2D eigenvalue weighted by Gasteiger charge is 2.20. The molecule has 0 radical (unpaired) electrons. The van der Waals surface area contributed by atoms with E-state index < -0.39 is 25.0 Å². The quantitative estimate of drug-likeness (QED) is 0.300. The lowest BCUT2D eigenvalue weighted by atomic mass is 10.2. The van der Waals surface area contributed by atoms with E-state index in [4.69, 9.17) is 0 Å². The fourth-order valence-electron chi connectivity index (χ4n) is 3.11. The van der Waals surface area contributed by atoms with Gasteiger partial charge in [0.1, 0.15) is 4.90 Å². The van der Waals surface area contributed by atoms with Crippen molar-refractivity contribution in [3.8, 4) is 0 Å². The zero-order valence-corrected chi connectivity index (χ0v) is 18.4. The Kier molecular flexibility index (Phi) is 5.70. The molecule has 0 spiro atoms. The Morgan fingerprint density at radius 2 is 1.36 bits per heavy atom. The standard InChI is InChI=1S/C21H16N4O6S2/c26-25(27)18-9-11-19(12-10-18)32(28,29)23-16-6-2-7-17(14-16)24-33(30,31)20-8-1-4-15-5-3-13-22-21(15)20/h1-14,23-24H. The van der Waals surface area contributed by atoms with Crippen molar-refractivity contribution in [1.82, 2.24) is 4.98 Å². The predicted octanol–water partition coefficient (Wildman–Crippen LogP) is 3.74. The first-order chi connectivity index (χ1) is 15.7. The molecule has 0 aliphatic rings. The van der Waals surface area contributed by atoms with Gasteiger partial charge in [-0.25, -0.2) is 16.8 Å². The van der Waals surface area contributed by atoms with Gasteiger partial charge >= 0.3 is 0 Å². The molecule has 0 atom stereocenters. The van der Waals surface area contributed by atoms with Crippen LogP contribution in [0.4, 0.5) is 17.1 Å². The van der Waals surface area contributed by atoms with Gasteiger partial charge in [-0.1, -0.05) is 24.3 Å². The van der Waals surface area contributed by atoms with E-state index in [-0.39, 0.29) is 26.9 Å². The first kappa shape index (κ1) is 22.2. The van der Waals surface area contributed by atoms with E-state index in [0.717, 1.165) is 24.3 Å². The molecule has 33 heavy (non-hydrogen) atoms. The molecule has 10 nitrogen and oxygen atoms in total. The van der Waals surface area contributed by atoms with Gasteiger partial charge in [0.05, 0.1) is 26.7 Å². The second-order valence-corrected chi connectivity index (χ2v) is 10.2. The average molecular weight is 485 g/mol. The number of aromatic nitrogens is 1. The molecule has 3 aromatic carbocycles. The summed E-state index contributed by atoms with van der Waals surface area (Å²) in [6.45, 7) is 0. The van der Waals surface area contributed by atoms with Crippen molar-refractivity contribution in [2.45, 2.75) is 9.79 Å². The van der Waals surface area contributed by atoms with Gasteiger partial charge < -0.3 is 0 Å². The fourth-order valence-corrected chi connectivity index (χ4v) is 5.39. The van der Waals surface area contributed by atoms with Crippen molar-refractivity contribution in [1.29, 1.82) is 0 Å². The maximum absolute atomic E-state index is 13.0. The molecule has 0 amide bonds. The van der Waals surface area contributed by atoms with Crippen LogP contribution < -0.4 is 9.44 Å². The number of nitro benzene ring substituents is 1. The van der Waals surface area contributed by atoms with Crippen molar-refractivity contribution in [2.75, 3.05) is 9.44 Å². The van der Waals surface area contributed by atoms with Gasteiger partial charge in [0.25, 0.3) is 25.7 Å². The van der Waals surface area contributed by atoms with Crippen LogP contribution in [0.5, 0.6) is 0 Å². The van der Waals surface area contributed by atoms with Crippen LogP contribution >= 0.6 is 0 Å². The Balaban J connectivity index is 1.59. The van der Waals surface area contributed by atoms with Crippen molar-refractivity contribution in [3.05, 3.63) is 95.2 Å². The van der Waals surface area contributed by atoms with Crippen molar-refractivity contribution < 1.29 is 21.8 Å². The molecule has 0 saturated heterocycles. The number of sulfonamides is 2. The zero-order chi connectivity index (χ0) is 23.6. The number of hydrogen-bond acceptors (Lipinski definition) is 7. The molecule has 168 valence electrons. The molecule has 1 heterocycles. The predicted molar refractivity (Wildman–Crippen MR) is 123 cm³/mol. The van der Waals surface area contributed by atoms with Gasteiger partial charge in [-0.05, 0) is 42.5 Å². The van der Waals surface area contributed by atoms with Gasteiger partial charge in [-0.2, -0.15) is 0 Å². The number of pyridine rings is 1. The third-order valence-electron chi connectivity index (χ3n) is 4.61. The van der Waals surface area contributed by atoms with Crippen LogP contribution in [0.2, 0.25) is 0 Å². The maximum atomic E-state index is 13.0. The summed E-state index contributed by atoms with van der Waals surface area (Å²) in [6.07, 6.45) is 1.49. The Labute approximate surface area is 189 Å². The summed E-state index contributed by atoms with van der Waals surface area (Å²) in [7, 11) is -8.08. The second-order valence-electron chi connectivity index (χ2n) is 6.87. The molecule has 2 N–H and O–H groups in total. The number of anilines is 2. The first-order valence-corrected chi connectivity index (χ1v) is 12.4. The number of nitro groups is 1. The molecular weight excluding hydrogens is 468 g/mol. The molecule has 4 aromatic rings. The van der Waals surface area contributed by atoms with E-state index in [9.17, 15) is 26.9 Å². The van der Waals surface area contributed by atoms with Gasteiger partial charge in [0.15, 0.2) is 0 Å². The van der Waals surface area contributed by atoms with E-state index in [1.165, 1.54) is 36.5 Å². The molecule has 0 bridgehead atoms. The molecule has 0 fully saturated rings. The van der Waals surface area contributed by atoms with Crippen LogP contribution in [0.15, 0.2) is 94.9 Å². The van der Waals surface area contributed by atoms with E-state index in [1.807, 2.05) is 0 Å². The highest BCUT2D eigenvalue weighted by atomic mass is 32.2. The lowest BCUT2D eigenvalue weighted by Gasteiger charge is -2.12. The Bertz CT molecular complexity index is 1560. The van der Waals surface area contributed by atoms with Crippen molar-refractivity contribution in [3.63, 3.8) is 0 Å². The number of para-hydroxylation sites is 1. The summed E-state index contributed by atoms with van der Waals surface area (Å²) in [4.78, 5) is 14.1. The van der Waals surface area contributed by atoms with Crippen molar-refractivity contribution in [2.24, 2.45) is 0 Å². The van der Waals surface area contributed by atoms with Crippen LogP contribution in [0.1, 0.15) is 0 Å². The molecule has 4 rings (SSSR count). The van der Waals surface area contributed by atoms with E-state index in [2.05, 4.69) is 14.4 Å². The number of hydrogen-bond donors (Lipinski definition) is 2. The smallest absolute Gasteiger partial charge is 0.269 e. The highest BCUT2D eigenvalue weighted by molar-refractivity contribution is 7.93. The summed E-state index contributed by atoms with van der Waals surface area (Å²) in [5.74, 6) is 0. The minimum atomic E-state index is -4.06. The molecular formula is C21H16N4O6S2. The monoisotopic (exact) mass is 484 g/mol. The SMILES string of the molecule is O=[N+]([O-])c1ccc(S(=O)(=O)Nc2cccc(NS(=O)(=O)c3cccc4cccnc34)c2)cc1. The molecule has 0 aliphatic carbocycles. The molecule has 0 saturated carbocycles. The normalized spacial score (nSPS) is 11.8. The van der Waals surface area contributed by atoms with E-state index >= 15 is 0 Å².